The molecular formula is C6H6BN5. The maximum absolute atomic E-state index is 5.45. The van der Waals surface area contributed by atoms with Crippen LogP contribution in [-0.4, -0.2) is 34.8 Å². The third kappa shape index (κ3) is 0.921. The highest BCUT2D eigenvalue weighted by Gasteiger charge is 2.04. The maximum atomic E-state index is 5.45. The molecule has 2 aromatic rings. The van der Waals surface area contributed by atoms with Crippen LogP contribution >= 0.6 is 0 Å². The van der Waals surface area contributed by atoms with Gasteiger partial charge in [-0.15, -0.1) is 0 Å². The van der Waals surface area contributed by atoms with Crippen LogP contribution in [0.2, 0.25) is 0 Å². The number of H-pyrrole nitrogens is 1. The summed E-state index contributed by atoms with van der Waals surface area (Å²) < 4.78 is 0. The molecule has 58 valence electrons. The number of hydrogen-bond donors (Lipinski definition) is 2. The molecule has 5 nitrogen and oxygen atoms in total. The highest BCUT2D eigenvalue weighted by atomic mass is 15.1. The highest BCUT2D eigenvalue weighted by Crippen LogP contribution is 2.11. The fraction of sp³-hybridized carbons (Fsp3) is 0.167. The summed E-state index contributed by atoms with van der Waals surface area (Å²) >= 11 is 0. The summed E-state index contributed by atoms with van der Waals surface area (Å²) in [5, 5.41) is 2.91. The molecule has 2 rings (SSSR count). The number of hydrogen-bond acceptors (Lipinski definition) is 4. The zero-order valence-corrected chi connectivity index (χ0v) is 6.50. The Labute approximate surface area is 70.0 Å². The Kier molecular flexibility index (Phi) is 1.46. The number of nitrogens with zero attached hydrogens (tertiary/aromatic N) is 3. The van der Waals surface area contributed by atoms with Crippen molar-refractivity contribution in [2.24, 2.45) is 0 Å². The van der Waals surface area contributed by atoms with Gasteiger partial charge in [0.2, 0.25) is 0 Å². The molecule has 2 heterocycles. The first-order chi connectivity index (χ1) is 5.81. The van der Waals surface area contributed by atoms with Crippen molar-refractivity contribution in [1.29, 1.82) is 0 Å². The van der Waals surface area contributed by atoms with E-state index >= 15 is 0 Å². The fourth-order valence-corrected chi connectivity index (χ4v) is 1.04. The predicted octanol–water partition coefficient (Wildman–Crippen LogP) is -0.812. The van der Waals surface area contributed by atoms with Gasteiger partial charge in [0.1, 0.15) is 11.8 Å². The van der Waals surface area contributed by atoms with E-state index in [1.165, 1.54) is 6.33 Å². The third-order valence-corrected chi connectivity index (χ3v) is 1.54. The molecule has 0 bridgehead atoms. The zero-order chi connectivity index (χ0) is 8.55. The minimum atomic E-state index is 0.349. The first-order valence-corrected chi connectivity index (χ1v) is 3.45. The standard InChI is InChI=1S/C6H6BN5/c1-8-4-3-5(10-2-9-4)12-6(7)11-3/h2H,1H3,(H2,8,9,10,11,12). The molecule has 0 atom stereocenters. The highest BCUT2D eigenvalue weighted by molar-refractivity contribution is 6.30. The number of aromatic amines is 1. The van der Waals surface area contributed by atoms with Crippen molar-refractivity contribution in [3.05, 3.63) is 6.33 Å². The first kappa shape index (κ1) is 7.09. The van der Waals surface area contributed by atoms with E-state index in [-0.39, 0.29) is 0 Å². The van der Waals surface area contributed by atoms with E-state index < -0.39 is 0 Å². The predicted molar refractivity (Wildman–Crippen MR) is 46.6 cm³/mol. The van der Waals surface area contributed by atoms with Crippen molar-refractivity contribution in [3.63, 3.8) is 0 Å². The van der Waals surface area contributed by atoms with Crippen molar-refractivity contribution < 1.29 is 0 Å². The van der Waals surface area contributed by atoms with Gasteiger partial charge in [-0.3, -0.25) is 0 Å². The number of aromatic nitrogens is 4. The molecule has 2 N–H and O–H groups in total. The summed E-state index contributed by atoms with van der Waals surface area (Å²) in [6.07, 6.45) is 1.44. The Morgan fingerprint density at radius 1 is 1.50 bits per heavy atom. The van der Waals surface area contributed by atoms with Gasteiger partial charge >= 0.3 is 0 Å². The van der Waals surface area contributed by atoms with Crippen LogP contribution in [0.1, 0.15) is 0 Å². The summed E-state index contributed by atoms with van der Waals surface area (Å²) in [4.78, 5) is 14.7. The zero-order valence-electron chi connectivity index (χ0n) is 6.50. The lowest BCUT2D eigenvalue weighted by molar-refractivity contribution is 1.19. The van der Waals surface area contributed by atoms with E-state index in [0.29, 0.717) is 17.2 Å². The van der Waals surface area contributed by atoms with Gasteiger partial charge < -0.3 is 10.3 Å². The largest absolute Gasteiger partial charge is 0.371 e. The Balaban J connectivity index is 2.78. The van der Waals surface area contributed by atoms with Crippen molar-refractivity contribution >= 4 is 30.6 Å². The third-order valence-electron chi connectivity index (χ3n) is 1.54. The van der Waals surface area contributed by atoms with Crippen LogP contribution < -0.4 is 11.0 Å². The summed E-state index contributed by atoms with van der Waals surface area (Å²) in [5.74, 6) is 0.698. The van der Waals surface area contributed by atoms with Gasteiger partial charge in [-0.25, -0.2) is 15.0 Å². The molecule has 12 heavy (non-hydrogen) atoms. The van der Waals surface area contributed by atoms with Crippen molar-refractivity contribution in [3.8, 4) is 0 Å². The summed E-state index contributed by atoms with van der Waals surface area (Å²) in [6.45, 7) is 0. The molecule has 0 aliphatic carbocycles. The lowest BCUT2D eigenvalue weighted by atomic mass is 10.1. The molecular weight excluding hydrogens is 153 g/mol. The van der Waals surface area contributed by atoms with Crippen LogP contribution in [0.5, 0.6) is 0 Å². The molecule has 2 aromatic heterocycles. The SMILES string of the molecule is [B]c1nc2ncnc(NC)c2[nH]1. The topological polar surface area (TPSA) is 66.5 Å². The number of nitrogens with one attached hydrogen (secondary N) is 2. The van der Waals surface area contributed by atoms with Gasteiger partial charge in [-0.1, -0.05) is 0 Å². The summed E-state index contributed by atoms with van der Waals surface area (Å²) in [6, 6.07) is 0. The Bertz CT molecular complexity index is 409. The monoisotopic (exact) mass is 159 g/mol. The van der Waals surface area contributed by atoms with Crippen LogP contribution in [0.15, 0.2) is 6.33 Å². The van der Waals surface area contributed by atoms with Crippen molar-refractivity contribution in [2.45, 2.75) is 0 Å². The normalized spacial score (nSPS) is 10.4. The lowest BCUT2D eigenvalue weighted by Crippen LogP contribution is -2.05. The van der Waals surface area contributed by atoms with E-state index in [9.17, 15) is 0 Å². The molecule has 0 spiro atoms. The number of fused-ring (bicyclic) bond motifs is 1. The van der Waals surface area contributed by atoms with E-state index in [2.05, 4.69) is 25.3 Å². The minimum absolute atomic E-state index is 0.349. The minimum Gasteiger partial charge on any atom is -0.371 e. The quantitative estimate of drug-likeness (QED) is 0.534. The van der Waals surface area contributed by atoms with Gasteiger partial charge in [0.25, 0.3) is 0 Å². The molecule has 0 saturated heterocycles. The Morgan fingerprint density at radius 3 is 3.08 bits per heavy atom. The maximum Gasteiger partial charge on any atom is 0.182 e. The Hall–Kier alpha value is -1.59. The lowest BCUT2D eigenvalue weighted by Gasteiger charge is -1.96. The second-order valence-electron chi connectivity index (χ2n) is 2.29. The summed E-state index contributed by atoms with van der Waals surface area (Å²) in [7, 11) is 7.23. The fourth-order valence-electron chi connectivity index (χ4n) is 1.04. The molecule has 2 radical (unpaired) electrons. The van der Waals surface area contributed by atoms with Crippen LogP contribution in [0.25, 0.3) is 11.2 Å². The van der Waals surface area contributed by atoms with E-state index in [4.69, 9.17) is 7.85 Å². The van der Waals surface area contributed by atoms with Crippen molar-refractivity contribution in [2.75, 3.05) is 12.4 Å². The average Bonchev–Trinajstić information content (AvgIpc) is 2.44. The number of imidazole rings is 1. The van der Waals surface area contributed by atoms with Gasteiger partial charge in [0.05, 0.1) is 5.72 Å². The molecule has 0 aliphatic heterocycles. The van der Waals surface area contributed by atoms with E-state index in [1.807, 2.05) is 0 Å². The molecule has 0 aliphatic rings. The van der Waals surface area contributed by atoms with Crippen LogP contribution in [0.4, 0.5) is 5.82 Å². The Morgan fingerprint density at radius 2 is 2.33 bits per heavy atom. The van der Waals surface area contributed by atoms with Crippen LogP contribution in [0.3, 0.4) is 0 Å². The molecule has 0 saturated carbocycles. The van der Waals surface area contributed by atoms with Crippen LogP contribution in [0, 0.1) is 0 Å². The van der Waals surface area contributed by atoms with E-state index in [1.54, 1.807) is 7.05 Å². The van der Waals surface area contributed by atoms with Gasteiger partial charge in [0.15, 0.2) is 19.3 Å². The molecule has 0 aromatic carbocycles. The van der Waals surface area contributed by atoms with Crippen LogP contribution in [-0.2, 0) is 0 Å². The summed E-state index contributed by atoms with van der Waals surface area (Å²) in [5.41, 5.74) is 1.66. The van der Waals surface area contributed by atoms with E-state index in [0.717, 1.165) is 5.52 Å². The van der Waals surface area contributed by atoms with Gasteiger partial charge in [0, 0.05) is 7.05 Å². The van der Waals surface area contributed by atoms with Gasteiger partial charge in [-0.2, -0.15) is 0 Å². The van der Waals surface area contributed by atoms with Crippen molar-refractivity contribution in [1.82, 2.24) is 19.9 Å². The second-order valence-corrected chi connectivity index (χ2v) is 2.29. The number of rotatable bonds is 1. The number of anilines is 1. The average molecular weight is 159 g/mol. The molecule has 0 unspecified atom stereocenters. The molecule has 0 fully saturated rings. The second kappa shape index (κ2) is 2.47. The molecule has 6 heteroatoms. The van der Waals surface area contributed by atoms with Gasteiger partial charge in [-0.05, 0) is 0 Å². The first-order valence-electron chi connectivity index (χ1n) is 3.45. The molecule has 0 amide bonds. The smallest absolute Gasteiger partial charge is 0.182 e.